The summed E-state index contributed by atoms with van der Waals surface area (Å²) in [5.41, 5.74) is 0.969. The first-order valence-electron chi connectivity index (χ1n) is 11.0. The normalized spacial score (nSPS) is 18.0. The van der Waals surface area contributed by atoms with Crippen LogP contribution in [0.3, 0.4) is 0 Å². The molecule has 1 aliphatic carbocycles. The van der Waals surface area contributed by atoms with Crippen molar-refractivity contribution in [2.45, 2.75) is 49.5 Å². The van der Waals surface area contributed by atoms with E-state index in [1.54, 1.807) is 13.3 Å². The van der Waals surface area contributed by atoms with Crippen LogP contribution in [0.15, 0.2) is 34.7 Å². The number of para-hydroxylation sites is 1. The Kier molecular flexibility index (Phi) is 9.83. The minimum absolute atomic E-state index is 0.0362. The monoisotopic (exact) mass is 493 g/mol. The maximum atomic E-state index is 13.1. The number of benzene rings is 1. The molecule has 3 rings (SSSR count). The number of carbonyl (C=O) groups is 2. The lowest BCUT2D eigenvalue weighted by molar-refractivity contribution is -0.133. The Morgan fingerprint density at radius 3 is 2.76 bits per heavy atom. The molecule has 0 aliphatic heterocycles. The SMILES string of the molecule is COc1ccccc1COCCN(C(=O)Nc1ncc(SCC(=O)O)s1)C1CCC(C)CC1. The fourth-order valence-electron chi connectivity index (χ4n) is 3.85. The average molecular weight is 494 g/mol. The van der Waals surface area contributed by atoms with Crippen LogP contribution in [0.4, 0.5) is 9.93 Å². The van der Waals surface area contributed by atoms with Gasteiger partial charge in [-0.25, -0.2) is 9.78 Å². The van der Waals surface area contributed by atoms with Gasteiger partial charge < -0.3 is 19.5 Å². The second-order valence-corrected chi connectivity index (χ2v) is 10.4. The molecule has 33 heavy (non-hydrogen) atoms. The van der Waals surface area contributed by atoms with E-state index < -0.39 is 5.97 Å². The predicted octanol–water partition coefficient (Wildman–Crippen LogP) is 4.96. The Morgan fingerprint density at radius 2 is 2.03 bits per heavy atom. The number of thioether (sulfide) groups is 1. The number of thiazole rings is 1. The van der Waals surface area contributed by atoms with E-state index in [1.807, 2.05) is 29.2 Å². The van der Waals surface area contributed by atoms with Gasteiger partial charge in [0, 0.05) is 18.2 Å². The highest BCUT2D eigenvalue weighted by atomic mass is 32.2. The number of carbonyl (C=O) groups excluding carboxylic acids is 1. The Balaban J connectivity index is 1.57. The van der Waals surface area contributed by atoms with E-state index in [9.17, 15) is 9.59 Å². The van der Waals surface area contributed by atoms with Crippen molar-refractivity contribution in [3.8, 4) is 5.75 Å². The molecule has 0 radical (unpaired) electrons. The van der Waals surface area contributed by atoms with Gasteiger partial charge in [0.2, 0.25) is 0 Å². The minimum atomic E-state index is -0.884. The van der Waals surface area contributed by atoms with Gasteiger partial charge in [0.25, 0.3) is 0 Å². The third-order valence-electron chi connectivity index (χ3n) is 5.65. The van der Waals surface area contributed by atoms with Crippen molar-refractivity contribution in [2.75, 3.05) is 31.3 Å². The largest absolute Gasteiger partial charge is 0.496 e. The summed E-state index contributed by atoms with van der Waals surface area (Å²) in [7, 11) is 1.64. The number of urea groups is 1. The van der Waals surface area contributed by atoms with E-state index >= 15 is 0 Å². The maximum Gasteiger partial charge on any atom is 0.323 e. The number of aromatic nitrogens is 1. The lowest BCUT2D eigenvalue weighted by Crippen LogP contribution is -2.46. The number of amides is 2. The first-order chi connectivity index (χ1) is 16.0. The molecule has 0 saturated heterocycles. The quantitative estimate of drug-likeness (QED) is 0.337. The highest BCUT2D eigenvalue weighted by Crippen LogP contribution is 2.30. The van der Waals surface area contributed by atoms with Crippen LogP contribution in [-0.2, 0) is 16.1 Å². The Bertz CT molecular complexity index is 915. The number of aliphatic carboxylic acids is 1. The summed E-state index contributed by atoms with van der Waals surface area (Å²) < 4.78 is 12.0. The van der Waals surface area contributed by atoms with Gasteiger partial charge in [-0.3, -0.25) is 10.1 Å². The van der Waals surface area contributed by atoms with Crippen LogP contribution in [0.25, 0.3) is 0 Å². The number of nitrogens with one attached hydrogen (secondary N) is 1. The summed E-state index contributed by atoms with van der Waals surface area (Å²) in [5, 5.41) is 12.2. The molecule has 2 N–H and O–H groups in total. The summed E-state index contributed by atoms with van der Waals surface area (Å²) >= 11 is 2.47. The minimum Gasteiger partial charge on any atom is -0.496 e. The molecule has 1 fully saturated rings. The van der Waals surface area contributed by atoms with Gasteiger partial charge in [0.05, 0.1) is 36.5 Å². The highest BCUT2D eigenvalue weighted by Gasteiger charge is 2.28. The number of hydrogen-bond donors (Lipinski definition) is 2. The van der Waals surface area contributed by atoms with Gasteiger partial charge in [0.1, 0.15) is 5.75 Å². The molecule has 2 aromatic rings. The number of carboxylic acid groups (broad SMARTS) is 1. The van der Waals surface area contributed by atoms with Crippen LogP contribution in [-0.4, -0.2) is 59.0 Å². The molecule has 10 heteroatoms. The lowest BCUT2D eigenvalue weighted by Gasteiger charge is -2.36. The van der Waals surface area contributed by atoms with Gasteiger partial charge in [-0.1, -0.05) is 36.5 Å². The number of nitrogens with zero attached hydrogens (tertiary/aromatic N) is 2. The number of ether oxygens (including phenoxy) is 2. The Morgan fingerprint density at radius 1 is 1.27 bits per heavy atom. The van der Waals surface area contributed by atoms with Crippen molar-refractivity contribution in [3.63, 3.8) is 0 Å². The van der Waals surface area contributed by atoms with Crippen LogP contribution < -0.4 is 10.1 Å². The summed E-state index contributed by atoms with van der Waals surface area (Å²) in [5.74, 6) is 0.546. The Labute approximate surface area is 202 Å². The van der Waals surface area contributed by atoms with Crippen LogP contribution in [0.2, 0.25) is 0 Å². The molecule has 0 atom stereocenters. The van der Waals surface area contributed by atoms with E-state index in [0.717, 1.165) is 41.2 Å². The smallest absolute Gasteiger partial charge is 0.323 e. The molecule has 1 aromatic carbocycles. The first-order valence-corrected chi connectivity index (χ1v) is 12.8. The fraction of sp³-hybridized carbons (Fsp3) is 0.522. The van der Waals surface area contributed by atoms with E-state index in [4.69, 9.17) is 14.6 Å². The molecule has 1 aromatic heterocycles. The molecular formula is C23H31N3O5S2. The van der Waals surface area contributed by atoms with Crippen LogP contribution >= 0.6 is 23.1 Å². The van der Waals surface area contributed by atoms with Crippen molar-refractivity contribution in [1.29, 1.82) is 0 Å². The van der Waals surface area contributed by atoms with E-state index in [1.165, 1.54) is 23.1 Å². The van der Waals surface area contributed by atoms with Gasteiger partial charge >= 0.3 is 12.0 Å². The molecule has 2 amide bonds. The van der Waals surface area contributed by atoms with Crippen molar-refractivity contribution < 1.29 is 24.2 Å². The van der Waals surface area contributed by atoms with Gasteiger partial charge in [-0.05, 0) is 37.7 Å². The predicted molar refractivity (Wildman–Crippen MR) is 130 cm³/mol. The molecule has 1 heterocycles. The average Bonchev–Trinajstić information content (AvgIpc) is 3.26. The van der Waals surface area contributed by atoms with Crippen LogP contribution in [0.5, 0.6) is 5.75 Å². The molecule has 0 unspecified atom stereocenters. The van der Waals surface area contributed by atoms with Gasteiger partial charge in [-0.15, -0.1) is 11.8 Å². The molecule has 8 nitrogen and oxygen atoms in total. The van der Waals surface area contributed by atoms with Gasteiger partial charge in [0.15, 0.2) is 5.13 Å². The molecule has 180 valence electrons. The van der Waals surface area contributed by atoms with Crippen molar-refractivity contribution in [2.24, 2.45) is 5.92 Å². The molecular weight excluding hydrogens is 462 g/mol. The van der Waals surface area contributed by atoms with Gasteiger partial charge in [-0.2, -0.15) is 0 Å². The third-order valence-corrected chi connectivity index (χ3v) is 7.74. The number of rotatable bonds is 11. The zero-order valence-electron chi connectivity index (χ0n) is 19.0. The Hall–Kier alpha value is -2.30. The molecule has 1 saturated carbocycles. The summed E-state index contributed by atoms with van der Waals surface area (Å²) in [6.07, 6.45) is 5.74. The second kappa shape index (κ2) is 12.8. The van der Waals surface area contributed by atoms with E-state index in [0.29, 0.717) is 30.8 Å². The van der Waals surface area contributed by atoms with Crippen molar-refractivity contribution in [3.05, 3.63) is 36.0 Å². The summed E-state index contributed by atoms with van der Waals surface area (Å²) in [6, 6.07) is 7.70. The zero-order valence-corrected chi connectivity index (χ0v) is 20.6. The standard InChI is InChI=1S/C23H31N3O5S2/c1-16-7-9-18(10-8-16)26(11-12-31-14-17-5-3-4-6-19(17)30-2)23(29)25-22-24-13-21(33-22)32-15-20(27)28/h3-6,13,16,18H,7-12,14-15H2,1-2H3,(H,27,28)(H,24,25,29). The lowest BCUT2D eigenvalue weighted by atomic mass is 9.86. The fourth-order valence-corrected chi connectivity index (χ4v) is 5.43. The molecule has 1 aliphatic rings. The third kappa shape index (κ3) is 7.90. The number of methoxy groups -OCH3 is 1. The van der Waals surface area contributed by atoms with Crippen LogP contribution in [0.1, 0.15) is 38.2 Å². The molecule has 0 spiro atoms. The zero-order chi connectivity index (χ0) is 23.6. The van der Waals surface area contributed by atoms with Crippen LogP contribution in [0, 0.1) is 5.92 Å². The summed E-state index contributed by atoms with van der Waals surface area (Å²) in [4.78, 5) is 30.0. The van der Waals surface area contributed by atoms with Crippen molar-refractivity contribution in [1.82, 2.24) is 9.88 Å². The number of carboxylic acids is 1. The first kappa shape index (κ1) is 25.3. The van der Waals surface area contributed by atoms with E-state index in [-0.39, 0.29) is 17.8 Å². The highest BCUT2D eigenvalue weighted by molar-refractivity contribution is 8.01. The van der Waals surface area contributed by atoms with Crippen molar-refractivity contribution >= 4 is 40.2 Å². The number of anilines is 1. The second-order valence-electron chi connectivity index (χ2n) is 8.07. The summed E-state index contributed by atoms with van der Waals surface area (Å²) in [6.45, 7) is 3.56. The number of hydrogen-bond acceptors (Lipinski definition) is 7. The topological polar surface area (TPSA) is 101 Å². The molecule has 0 bridgehead atoms. The maximum absolute atomic E-state index is 13.1. The van der Waals surface area contributed by atoms with E-state index in [2.05, 4.69) is 17.2 Å².